The predicted molar refractivity (Wildman–Crippen MR) is 101 cm³/mol. The van der Waals surface area contributed by atoms with E-state index in [4.69, 9.17) is 4.74 Å². The van der Waals surface area contributed by atoms with E-state index < -0.39 is 30.4 Å². The van der Waals surface area contributed by atoms with Crippen molar-refractivity contribution in [2.24, 2.45) is 0 Å². The molecule has 1 aliphatic rings. The minimum Gasteiger partial charge on any atom is -0.454 e. The summed E-state index contributed by atoms with van der Waals surface area (Å²) in [5.41, 5.74) is 0.447. The van der Waals surface area contributed by atoms with Crippen LogP contribution in [-0.4, -0.2) is 43.0 Å². The maximum atomic E-state index is 12.0. The van der Waals surface area contributed by atoms with E-state index in [1.54, 1.807) is 24.3 Å². The van der Waals surface area contributed by atoms with Gasteiger partial charge in [0.25, 0.3) is 11.8 Å². The van der Waals surface area contributed by atoms with Gasteiger partial charge in [0.05, 0.1) is 5.56 Å². The molecule has 1 aromatic rings. The number of hydrogen-bond donors (Lipinski definition) is 3. The summed E-state index contributed by atoms with van der Waals surface area (Å²) in [5, 5.41) is 7.22. The molecule has 9 heteroatoms. The number of urea groups is 1. The van der Waals surface area contributed by atoms with E-state index in [1.807, 2.05) is 22.6 Å². The molecule has 1 aliphatic carbocycles. The summed E-state index contributed by atoms with van der Waals surface area (Å²) in [6, 6.07) is 6.42. The van der Waals surface area contributed by atoms with Gasteiger partial charge in [0, 0.05) is 9.61 Å². The van der Waals surface area contributed by atoms with Gasteiger partial charge in [-0.3, -0.25) is 19.7 Å². The van der Waals surface area contributed by atoms with Gasteiger partial charge in [-0.05, 0) is 47.6 Å². The minimum absolute atomic E-state index is 0.0846. The Morgan fingerprint density at radius 3 is 2.50 bits per heavy atom. The fraction of sp³-hybridized carbons (Fsp3) is 0.412. The van der Waals surface area contributed by atoms with Gasteiger partial charge < -0.3 is 15.4 Å². The molecule has 0 aliphatic heterocycles. The number of benzene rings is 1. The van der Waals surface area contributed by atoms with E-state index in [2.05, 4.69) is 16.0 Å². The summed E-state index contributed by atoms with van der Waals surface area (Å²) >= 11 is 2.02. The molecule has 0 bridgehead atoms. The summed E-state index contributed by atoms with van der Waals surface area (Å²) < 4.78 is 5.50. The number of carbonyl (C=O) groups excluding carboxylic acids is 4. The fourth-order valence-electron chi connectivity index (χ4n) is 2.54. The molecular formula is C17H20IN3O5. The van der Waals surface area contributed by atoms with Gasteiger partial charge in [0.15, 0.2) is 6.61 Å². The highest BCUT2D eigenvalue weighted by atomic mass is 127. The van der Waals surface area contributed by atoms with E-state index >= 15 is 0 Å². The Bertz CT molecular complexity index is 689. The number of carbonyl (C=O) groups is 4. The van der Waals surface area contributed by atoms with Crippen LogP contribution in [0.1, 0.15) is 36.0 Å². The zero-order valence-electron chi connectivity index (χ0n) is 14.0. The van der Waals surface area contributed by atoms with Crippen LogP contribution in [0.25, 0.3) is 0 Å². The molecule has 0 atom stereocenters. The molecule has 1 fully saturated rings. The average Bonchev–Trinajstić information content (AvgIpc) is 3.11. The lowest BCUT2D eigenvalue weighted by Gasteiger charge is -2.12. The van der Waals surface area contributed by atoms with Crippen LogP contribution >= 0.6 is 22.6 Å². The smallest absolute Gasteiger partial charge is 0.325 e. The Morgan fingerprint density at radius 2 is 1.81 bits per heavy atom. The van der Waals surface area contributed by atoms with E-state index in [0.29, 0.717) is 5.56 Å². The van der Waals surface area contributed by atoms with E-state index in [-0.39, 0.29) is 12.6 Å². The third-order valence-electron chi connectivity index (χ3n) is 3.82. The first kappa shape index (κ1) is 20.1. The maximum Gasteiger partial charge on any atom is 0.325 e. The van der Waals surface area contributed by atoms with Crippen LogP contribution in [0.3, 0.4) is 0 Å². The second kappa shape index (κ2) is 10.1. The number of nitrogens with one attached hydrogen (secondary N) is 3. The number of amides is 4. The highest BCUT2D eigenvalue weighted by Gasteiger charge is 2.19. The zero-order valence-corrected chi connectivity index (χ0v) is 16.2. The van der Waals surface area contributed by atoms with Gasteiger partial charge >= 0.3 is 12.0 Å². The molecule has 1 saturated carbocycles. The SMILES string of the molecule is O=C(COC(=O)CNC(=O)c1ccccc1I)NC(=O)NC1CCCC1. The van der Waals surface area contributed by atoms with Gasteiger partial charge in [-0.25, -0.2) is 4.79 Å². The summed E-state index contributed by atoms with van der Waals surface area (Å²) in [7, 11) is 0. The van der Waals surface area contributed by atoms with Crippen molar-refractivity contribution in [2.75, 3.05) is 13.2 Å². The Labute approximate surface area is 164 Å². The fourth-order valence-corrected chi connectivity index (χ4v) is 3.18. The normalized spacial score (nSPS) is 13.7. The molecular weight excluding hydrogens is 453 g/mol. The molecule has 140 valence electrons. The molecule has 0 heterocycles. The largest absolute Gasteiger partial charge is 0.454 e. The Kier molecular flexibility index (Phi) is 7.82. The molecule has 26 heavy (non-hydrogen) atoms. The molecule has 8 nitrogen and oxygen atoms in total. The van der Waals surface area contributed by atoms with Crippen LogP contribution in [0.2, 0.25) is 0 Å². The number of ether oxygens (including phenoxy) is 1. The first-order valence-corrected chi connectivity index (χ1v) is 9.32. The lowest BCUT2D eigenvalue weighted by atomic mass is 10.2. The van der Waals surface area contributed by atoms with Gasteiger partial charge in [-0.2, -0.15) is 0 Å². The number of imide groups is 1. The number of esters is 1. The van der Waals surface area contributed by atoms with Crippen molar-refractivity contribution < 1.29 is 23.9 Å². The molecule has 0 unspecified atom stereocenters. The number of hydrogen-bond acceptors (Lipinski definition) is 5. The number of halogens is 1. The Morgan fingerprint density at radius 1 is 1.12 bits per heavy atom. The Hall–Kier alpha value is -2.17. The third-order valence-corrected chi connectivity index (χ3v) is 4.76. The number of rotatable bonds is 6. The minimum atomic E-state index is -0.768. The standard InChI is InChI=1S/C17H20IN3O5/c18-13-8-4-3-7-12(13)16(24)19-9-15(23)26-10-14(22)21-17(25)20-11-5-1-2-6-11/h3-4,7-8,11H,1-2,5-6,9-10H2,(H,19,24)(H2,20,21,22,25). The predicted octanol–water partition coefficient (Wildman–Crippen LogP) is 1.33. The Balaban J connectivity index is 1.64. The molecule has 0 spiro atoms. The van der Waals surface area contributed by atoms with Crippen molar-refractivity contribution in [3.63, 3.8) is 0 Å². The van der Waals surface area contributed by atoms with Gasteiger partial charge in [0.2, 0.25) is 0 Å². The van der Waals surface area contributed by atoms with Crippen LogP contribution in [0.15, 0.2) is 24.3 Å². The van der Waals surface area contributed by atoms with Gasteiger partial charge in [-0.15, -0.1) is 0 Å². The van der Waals surface area contributed by atoms with E-state index in [1.165, 1.54) is 0 Å². The van der Waals surface area contributed by atoms with Crippen LogP contribution in [0, 0.1) is 3.57 Å². The van der Waals surface area contributed by atoms with E-state index in [9.17, 15) is 19.2 Å². The lowest BCUT2D eigenvalue weighted by molar-refractivity contribution is -0.147. The summed E-state index contributed by atoms with van der Waals surface area (Å²) in [5.74, 6) is -1.90. The van der Waals surface area contributed by atoms with Gasteiger partial charge in [0.1, 0.15) is 6.54 Å². The highest BCUT2D eigenvalue weighted by Crippen LogP contribution is 2.17. The van der Waals surface area contributed by atoms with Crippen molar-refractivity contribution in [1.29, 1.82) is 0 Å². The first-order chi connectivity index (χ1) is 12.5. The molecule has 0 aromatic heterocycles. The van der Waals surface area contributed by atoms with Crippen LogP contribution in [-0.2, 0) is 14.3 Å². The first-order valence-electron chi connectivity index (χ1n) is 8.24. The molecule has 2 rings (SSSR count). The second-order valence-corrected chi connectivity index (χ2v) is 6.99. The van der Waals surface area contributed by atoms with Crippen molar-refractivity contribution in [1.82, 2.24) is 16.0 Å². The molecule has 3 N–H and O–H groups in total. The summed E-state index contributed by atoms with van der Waals surface area (Å²) in [6.07, 6.45) is 3.92. The van der Waals surface area contributed by atoms with E-state index in [0.717, 1.165) is 29.3 Å². The average molecular weight is 473 g/mol. The van der Waals surface area contributed by atoms with Crippen molar-refractivity contribution in [3.8, 4) is 0 Å². The monoisotopic (exact) mass is 473 g/mol. The van der Waals surface area contributed by atoms with Crippen LogP contribution in [0.5, 0.6) is 0 Å². The summed E-state index contributed by atoms with van der Waals surface area (Å²) in [6.45, 7) is -0.957. The topological polar surface area (TPSA) is 114 Å². The zero-order chi connectivity index (χ0) is 18.9. The second-order valence-electron chi connectivity index (χ2n) is 5.83. The summed E-state index contributed by atoms with van der Waals surface area (Å²) in [4.78, 5) is 46.8. The quantitative estimate of drug-likeness (QED) is 0.426. The van der Waals surface area contributed by atoms with Crippen molar-refractivity contribution in [3.05, 3.63) is 33.4 Å². The molecule has 0 saturated heterocycles. The van der Waals surface area contributed by atoms with Crippen molar-refractivity contribution >= 4 is 46.4 Å². The molecule has 1 aromatic carbocycles. The van der Waals surface area contributed by atoms with Crippen LogP contribution in [0.4, 0.5) is 4.79 Å². The third kappa shape index (κ3) is 6.62. The molecule has 4 amide bonds. The van der Waals surface area contributed by atoms with Crippen LogP contribution < -0.4 is 16.0 Å². The molecule has 0 radical (unpaired) electrons. The van der Waals surface area contributed by atoms with Gasteiger partial charge in [-0.1, -0.05) is 25.0 Å². The highest BCUT2D eigenvalue weighted by molar-refractivity contribution is 14.1. The maximum absolute atomic E-state index is 12.0. The lowest BCUT2D eigenvalue weighted by Crippen LogP contribution is -2.45. The van der Waals surface area contributed by atoms with Crippen molar-refractivity contribution in [2.45, 2.75) is 31.7 Å².